The number of fused-ring (bicyclic) bond motifs is 1. The smallest absolute Gasteiger partial charge is 0.336 e. The lowest BCUT2D eigenvalue weighted by Crippen LogP contribution is -2.25. The molecule has 0 bridgehead atoms. The number of rotatable bonds is 6. The van der Waals surface area contributed by atoms with E-state index in [0.717, 1.165) is 18.4 Å². The molecular weight excluding hydrogens is 340 g/mol. The van der Waals surface area contributed by atoms with Gasteiger partial charge < -0.3 is 16.2 Å². The first-order valence-electron chi connectivity index (χ1n) is 8.96. The fraction of sp³-hybridized carbons (Fsp3) is 0.182. The van der Waals surface area contributed by atoms with Crippen molar-refractivity contribution in [3.8, 4) is 11.1 Å². The number of nitrogens with two attached hydrogens (primary N) is 1. The van der Waals surface area contributed by atoms with Gasteiger partial charge in [-0.25, -0.2) is 4.79 Å². The predicted octanol–water partition coefficient (Wildman–Crippen LogP) is 4.32. The Labute approximate surface area is 157 Å². The van der Waals surface area contributed by atoms with Crippen molar-refractivity contribution in [3.63, 3.8) is 0 Å². The first kappa shape index (κ1) is 18.5. The number of anilines is 1. The molecule has 1 amide bonds. The van der Waals surface area contributed by atoms with Gasteiger partial charge in [-0.1, -0.05) is 55.8 Å². The van der Waals surface area contributed by atoms with Crippen LogP contribution in [0.25, 0.3) is 21.9 Å². The third-order valence-corrected chi connectivity index (χ3v) is 4.55. The van der Waals surface area contributed by atoms with Crippen molar-refractivity contribution in [2.24, 2.45) is 0 Å². The zero-order valence-corrected chi connectivity index (χ0v) is 15.2. The molecule has 0 aliphatic heterocycles. The van der Waals surface area contributed by atoms with Gasteiger partial charge in [0.05, 0.1) is 11.1 Å². The van der Waals surface area contributed by atoms with Crippen molar-refractivity contribution in [2.75, 3.05) is 12.3 Å². The molecule has 0 aliphatic rings. The van der Waals surface area contributed by atoms with Crippen LogP contribution >= 0.6 is 0 Å². The van der Waals surface area contributed by atoms with E-state index in [2.05, 4.69) is 5.32 Å². The van der Waals surface area contributed by atoms with E-state index in [0.29, 0.717) is 34.1 Å². The third-order valence-electron chi connectivity index (χ3n) is 4.55. The Morgan fingerprint density at radius 3 is 2.48 bits per heavy atom. The molecule has 0 saturated heterocycles. The summed E-state index contributed by atoms with van der Waals surface area (Å²) in [6.07, 6.45) is 1.81. The molecule has 0 atom stereocenters. The van der Waals surface area contributed by atoms with Gasteiger partial charge in [0.1, 0.15) is 0 Å². The number of carbonyl (C=O) groups excluding carboxylic acids is 1. The van der Waals surface area contributed by atoms with Crippen molar-refractivity contribution >= 4 is 28.3 Å². The topological polar surface area (TPSA) is 92.4 Å². The second-order valence-corrected chi connectivity index (χ2v) is 6.40. The van der Waals surface area contributed by atoms with Crippen LogP contribution in [0.3, 0.4) is 0 Å². The summed E-state index contributed by atoms with van der Waals surface area (Å²) in [7, 11) is 0. The van der Waals surface area contributed by atoms with Crippen molar-refractivity contribution in [3.05, 3.63) is 65.7 Å². The molecule has 0 saturated carbocycles. The minimum Gasteiger partial charge on any atom is -0.478 e. The van der Waals surface area contributed by atoms with E-state index < -0.39 is 5.97 Å². The highest BCUT2D eigenvalue weighted by molar-refractivity contribution is 6.20. The number of carboxylic acids is 1. The number of unbranched alkanes of at least 4 members (excludes halogenated alkanes) is 1. The van der Waals surface area contributed by atoms with Crippen LogP contribution in [0.4, 0.5) is 5.69 Å². The van der Waals surface area contributed by atoms with Crippen LogP contribution in [0, 0.1) is 0 Å². The number of aromatic carboxylic acids is 1. The Bertz CT molecular complexity index is 997. The van der Waals surface area contributed by atoms with Gasteiger partial charge in [0.15, 0.2) is 0 Å². The largest absolute Gasteiger partial charge is 0.478 e. The van der Waals surface area contributed by atoms with Crippen LogP contribution in [-0.2, 0) is 0 Å². The molecule has 3 aromatic carbocycles. The van der Waals surface area contributed by atoms with Gasteiger partial charge in [0.2, 0.25) is 0 Å². The van der Waals surface area contributed by atoms with E-state index in [9.17, 15) is 14.7 Å². The van der Waals surface area contributed by atoms with Crippen LogP contribution in [0.2, 0.25) is 0 Å². The standard InChI is InChI=1S/C22H22N2O3/c1-2-3-12-24-21(25)20-17(14-8-5-4-6-9-14)13-18(23)15-10-7-11-16(19(15)20)22(26)27/h4-11,13H,2-3,12,23H2,1H3,(H,24,25)(H,26,27). The maximum atomic E-state index is 13.1. The van der Waals surface area contributed by atoms with Crippen molar-refractivity contribution in [2.45, 2.75) is 19.8 Å². The molecule has 4 N–H and O–H groups in total. The third kappa shape index (κ3) is 3.62. The molecule has 138 valence electrons. The van der Waals surface area contributed by atoms with Crippen molar-refractivity contribution in [1.82, 2.24) is 5.32 Å². The summed E-state index contributed by atoms with van der Waals surface area (Å²) in [5.74, 6) is -1.38. The Hall–Kier alpha value is -3.34. The van der Waals surface area contributed by atoms with Gasteiger partial charge in [-0.3, -0.25) is 4.79 Å². The van der Waals surface area contributed by atoms with E-state index in [1.165, 1.54) is 6.07 Å². The van der Waals surface area contributed by atoms with E-state index in [4.69, 9.17) is 5.73 Å². The molecule has 3 aromatic rings. The van der Waals surface area contributed by atoms with Gasteiger partial charge in [-0.15, -0.1) is 0 Å². The molecule has 0 radical (unpaired) electrons. The first-order chi connectivity index (χ1) is 13.0. The van der Waals surface area contributed by atoms with Gasteiger partial charge in [-0.2, -0.15) is 0 Å². The summed E-state index contributed by atoms with van der Waals surface area (Å²) in [6.45, 7) is 2.58. The SMILES string of the molecule is CCCCNC(=O)c1c(-c2ccccc2)cc(N)c2cccc(C(=O)O)c12. The summed E-state index contributed by atoms with van der Waals surface area (Å²) in [6, 6.07) is 16.0. The van der Waals surface area contributed by atoms with Crippen molar-refractivity contribution < 1.29 is 14.7 Å². The van der Waals surface area contributed by atoms with E-state index in [1.807, 2.05) is 37.3 Å². The molecule has 0 heterocycles. The zero-order valence-electron chi connectivity index (χ0n) is 15.2. The van der Waals surface area contributed by atoms with Crippen LogP contribution in [0.15, 0.2) is 54.6 Å². The molecule has 0 aliphatic carbocycles. The van der Waals surface area contributed by atoms with Gasteiger partial charge >= 0.3 is 5.97 Å². The van der Waals surface area contributed by atoms with E-state index >= 15 is 0 Å². The average molecular weight is 362 g/mol. The van der Waals surface area contributed by atoms with Crippen molar-refractivity contribution in [1.29, 1.82) is 0 Å². The summed E-state index contributed by atoms with van der Waals surface area (Å²) >= 11 is 0. The molecule has 0 aromatic heterocycles. The highest BCUT2D eigenvalue weighted by atomic mass is 16.4. The first-order valence-corrected chi connectivity index (χ1v) is 8.96. The van der Waals surface area contributed by atoms with Crippen LogP contribution in [0.1, 0.15) is 40.5 Å². The number of nitrogens with one attached hydrogen (secondary N) is 1. The van der Waals surface area contributed by atoms with Gasteiger partial charge in [-0.05, 0) is 29.7 Å². The van der Waals surface area contributed by atoms with Gasteiger partial charge in [0.25, 0.3) is 5.91 Å². The number of benzene rings is 3. The summed E-state index contributed by atoms with van der Waals surface area (Å²) in [5, 5.41) is 13.5. The number of hydrogen-bond donors (Lipinski definition) is 3. The lowest BCUT2D eigenvalue weighted by Gasteiger charge is -2.17. The minimum atomic E-state index is -1.09. The Kier molecular flexibility index (Phi) is 5.41. The minimum absolute atomic E-state index is 0.0672. The second kappa shape index (κ2) is 7.91. The Morgan fingerprint density at radius 2 is 1.81 bits per heavy atom. The van der Waals surface area contributed by atoms with E-state index in [-0.39, 0.29) is 11.5 Å². The lowest BCUT2D eigenvalue weighted by atomic mass is 9.90. The Balaban J connectivity index is 2.34. The quantitative estimate of drug-likeness (QED) is 0.450. The maximum absolute atomic E-state index is 13.1. The molecule has 0 fully saturated rings. The highest BCUT2D eigenvalue weighted by Crippen LogP contribution is 2.36. The predicted molar refractivity (Wildman–Crippen MR) is 108 cm³/mol. The molecule has 5 heteroatoms. The lowest BCUT2D eigenvalue weighted by molar-refractivity contribution is 0.0699. The monoisotopic (exact) mass is 362 g/mol. The normalized spacial score (nSPS) is 10.7. The maximum Gasteiger partial charge on any atom is 0.336 e. The van der Waals surface area contributed by atoms with E-state index in [1.54, 1.807) is 18.2 Å². The summed E-state index contributed by atoms with van der Waals surface area (Å²) in [4.78, 5) is 24.9. The number of carboxylic acid groups (broad SMARTS) is 1. The number of amides is 1. The number of nitrogen functional groups attached to an aromatic ring is 1. The Morgan fingerprint density at radius 1 is 1.07 bits per heavy atom. The molecule has 0 unspecified atom stereocenters. The fourth-order valence-corrected chi connectivity index (χ4v) is 3.23. The molecular formula is C22H22N2O3. The fourth-order valence-electron chi connectivity index (χ4n) is 3.23. The molecule has 0 spiro atoms. The molecule has 27 heavy (non-hydrogen) atoms. The second-order valence-electron chi connectivity index (χ2n) is 6.40. The van der Waals surface area contributed by atoms with Gasteiger partial charge in [0, 0.05) is 23.0 Å². The number of hydrogen-bond acceptors (Lipinski definition) is 3. The van der Waals surface area contributed by atoms with Crippen LogP contribution in [-0.4, -0.2) is 23.5 Å². The molecule has 3 rings (SSSR count). The summed E-state index contributed by atoms with van der Waals surface area (Å²) < 4.78 is 0. The van der Waals surface area contributed by atoms with Crippen LogP contribution in [0.5, 0.6) is 0 Å². The summed E-state index contributed by atoms with van der Waals surface area (Å²) in [5.41, 5.74) is 8.53. The average Bonchev–Trinajstić information content (AvgIpc) is 2.68. The zero-order chi connectivity index (χ0) is 19.4. The molecule has 5 nitrogen and oxygen atoms in total. The number of carbonyl (C=O) groups is 2. The van der Waals surface area contributed by atoms with Crippen LogP contribution < -0.4 is 11.1 Å². The highest BCUT2D eigenvalue weighted by Gasteiger charge is 2.22.